The van der Waals surface area contributed by atoms with Crippen LogP contribution in [0.2, 0.25) is 0 Å². The lowest BCUT2D eigenvalue weighted by Crippen LogP contribution is -2.06. The van der Waals surface area contributed by atoms with E-state index < -0.39 is 0 Å². The predicted molar refractivity (Wildman–Crippen MR) is 60.1 cm³/mol. The normalized spacial score (nSPS) is 8.12. The number of aliphatic hydroxyl groups excluding tert-OH is 3. The fourth-order valence-corrected chi connectivity index (χ4v) is 0.389. The number of hydrogen-bond donors (Lipinski definition) is 3. The van der Waals surface area contributed by atoms with E-state index in [0.29, 0.717) is 19.8 Å². The van der Waals surface area contributed by atoms with Gasteiger partial charge in [-0.25, -0.2) is 0 Å². The van der Waals surface area contributed by atoms with Crippen molar-refractivity contribution < 1.29 is 29.6 Å². The van der Waals surface area contributed by atoms with Crippen LogP contribution < -0.4 is 0 Å². The van der Waals surface area contributed by atoms with Gasteiger partial charge in [0, 0.05) is 20.1 Å². The Balaban J connectivity index is -0.000000201. The maximum absolute atomic E-state index is 10.1. The second-order valence-electron chi connectivity index (χ2n) is 2.30. The molecule has 0 aromatic rings. The van der Waals surface area contributed by atoms with E-state index in [4.69, 9.17) is 20.1 Å². The van der Waals surface area contributed by atoms with Crippen LogP contribution in [0.3, 0.4) is 0 Å². The number of rotatable bonds is 5. The number of esters is 1. The summed E-state index contributed by atoms with van der Waals surface area (Å²) in [7, 11) is 0. The highest BCUT2D eigenvalue weighted by Gasteiger charge is 1.89. The molecule has 0 aromatic carbocycles. The lowest BCUT2D eigenvalue weighted by Gasteiger charge is -1.99. The molecule has 0 aromatic heterocycles. The molecule has 16 heavy (non-hydrogen) atoms. The minimum absolute atomic E-state index is 0.125. The van der Waals surface area contributed by atoms with Crippen LogP contribution in [0.15, 0.2) is 0 Å². The number of ether oxygens (including phenoxy) is 2. The van der Waals surface area contributed by atoms with E-state index in [1.165, 1.54) is 6.92 Å². The highest BCUT2D eigenvalue weighted by Crippen LogP contribution is 1.77. The molecule has 0 amide bonds. The van der Waals surface area contributed by atoms with Crippen molar-refractivity contribution in [3.63, 3.8) is 0 Å². The summed E-state index contributed by atoms with van der Waals surface area (Å²) < 4.78 is 9.49. The maximum atomic E-state index is 10.1. The maximum Gasteiger partial charge on any atom is 0.302 e. The van der Waals surface area contributed by atoms with Gasteiger partial charge in [0.25, 0.3) is 0 Å². The lowest BCUT2D eigenvalue weighted by molar-refractivity contribution is -0.142. The summed E-state index contributed by atoms with van der Waals surface area (Å²) in [6, 6.07) is 0. The molecule has 0 aliphatic heterocycles. The van der Waals surface area contributed by atoms with Gasteiger partial charge in [-0.15, -0.1) is 0 Å². The summed E-state index contributed by atoms with van der Waals surface area (Å²) in [6.07, 6.45) is 0. The smallest absolute Gasteiger partial charge is 0.302 e. The van der Waals surface area contributed by atoms with Gasteiger partial charge >= 0.3 is 5.97 Å². The molecular formula is C10H24O6. The monoisotopic (exact) mass is 240 g/mol. The minimum atomic E-state index is -0.255. The summed E-state index contributed by atoms with van der Waals surface area (Å²) >= 11 is 0. The molecule has 0 saturated carbocycles. The molecule has 6 nitrogen and oxygen atoms in total. The molecule has 0 unspecified atom stereocenters. The van der Waals surface area contributed by atoms with Crippen LogP contribution >= 0.6 is 0 Å². The van der Waals surface area contributed by atoms with Crippen molar-refractivity contribution in [2.45, 2.75) is 20.8 Å². The fourth-order valence-electron chi connectivity index (χ4n) is 0.389. The molecule has 0 fully saturated rings. The van der Waals surface area contributed by atoms with Crippen LogP contribution in [0.5, 0.6) is 0 Å². The second-order valence-corrected chi connectivity index (χ2v) is 2.30. The van der Waals surface area contributed by atoms with Crippen molar-refractivity contribution in [2.24, 2.45) is 0 Å². The van der Waals surface area contributed by atoms with Gasteiger partial charge in [0.05, 0.1) is 19.8 Å². The van der Waals surface area contributed by atoms with Crippen LogP contribution in [-0.4, -0.2) is 60.9 Å². The first-order valence-electron chi connectivity index (χ1n) is 5.14. The lowest BCUT2D eigenvalue weighted by atomic mass is 10.7. The number of carbonyl (C=O) groups excluding carboxylic acids is 1. The van der Waals surface area contributed by atoms with Crippen molar-refractivity contribution in [2.75, 3.05) is 39.6 Å². The zero-order valence-corrected chi connectivity index (χ0v) is 10.3. The quantitative estimate of drug-likeness (QED) is 0.445. The Hall–Kier alpha value is -0.690. The summed E-state index contributed by atoms with van der Waals surface area (Å²) in [4.78, 5) is 10.1. The van der Waals surface area contributed by atoms with Gasteiger partial charge in [0.2, 0.25) is 0 Å². The molecule has 0 radical (unpaired) electrons. The first-order chi connectivity index (χ1) is 7.60. The molecule has 0 bridgehead atoms. The first-order valence-corrected chi connectivity index (χ1v) is 5.14. The van der Waals surface area contributed by atoms with E-state index in [1.54, 1.807) is 6.92 Å². The average Bonchev–Trinajstić information content (AvgIpc) is 2.26. The largest absolute Gasteiger partial charge is 0.463 e. The van der Waals surface area contributed by atoms with Gasteiger partial charge < -0.3 is 24.8 Å². The van der Waals surface area contributed by atoms with Crippen molar-refractivity contribution in [1.29, 1.82) is 0 Å². The summed E-state index contributed by atoms with van der Waals surface area (Å²) in [5.41, 5.74) is 0. The SMILES string of the molecule is CCO.CCOCCOC(C)=O.OCCO. The molecular weight excluding hydrogens is 216 g/mol. The van der Waals surface area contributed by atoms with Crippen molar-refractivity contribution in [3.8, 4) is 0 Å². The molecule has 0 saturated heterocycles. The van der Waals surface area contributed by atoms with Gasteiger partial charge in [-0.05, 0) is 13.8 Å². The van der Waals surface area contributed by atoms with Crippen LogP contribution in [0.25, 0.3) is 0 Å². The molecule has 6 heteroatoms. The fraction of sp³-hybridized carbons (Fsp3) is 0.900. The molecule has 0 heterocycles. The van der Waals surface area contributed by atoms with Gasteiger partial charge in [-0.3, -0.25) is 4.79 Å². The molecule has 0 rings (SSSR count). The number of carbonyl (C=O) groups is 1. The standard InChI is InChI=1S/C6H12O3.C2H6O2.C2H6O/c1-3-8-4-5-9-6(2)7;3-1-2-4;1-2-3/h3-5H2,1-2H3;3-4H,1-2H2;3H,2H2,1H3. The average molecular weight is 240 g/mol. The molecule has 0 aliphatic rings. The highest BCUT2D eigenvalue weighted by atomic mass is 16.6. The zero-order chi connectivity index (χ0) is 13.2. The molecule has 0 aliphatic carbocycles. The number of aliphatic hydroxyl groups is 3. The van der Waals surface area contributed by atoms with E-state index in [0.717, 1.165) is 0 Å². The van der Waals surface area contributed by atoms with Crippen molar-refractivity contribution >= 4 is 5.97 Å². The zero-order valence-electron chi connectivity index (χ0n) is 10.3. The molecule has 0 atom stereocenters. The van der Waals surface area contributed by atoms with E-state index in [-0.39, 0.29) is 25.8 Å². The predicted octanol–water partition coefficient (Wildman–Crippen LogP) is -0.444. The van der Waals surface area contributed by atoms with E-state index >= 15 is 0 Å². The highest BCUT2D eigenvalue weighted by molar-refractivity contribution is 5.65. The first kappa shape index (κ1) is 20.7. The Labute approximate surface area is 96.8 Å². The summed E-state index contributed by atoms with van der Waals surface area (Å²) in [5.74, 6) is -0.255. The Morgan fingerprint density at radius 1 is 1.06 bits per heavy atom. The van der Waals surface area contributed by atoms with Gasteiger partial charge in [0.1, 0.15) is 6.61 Å². The third-order valence-electron chi connectivity index (χ3n) is 0.837. The molecule has 100 valence electrons. The Bertz CT molecular complexity index is 116. The van der Waals surface area contributed by atoms with E-state index in [2.05, 4.69) is 4.74 Å². The minimum Gasteiger partial charge on any atom is -0.463 e. The van der Waals surface area contributed by atoms with Crippen molar-refractivity contribution in [3.05, 3.63) is 0 Å². The van der Waals surface area contributed by atoms with Crippen LogP contribution in [-0.2, 0) is 14.3 Å². The number of hydrogen-bond acceptors (Lipinski definition) is 6. The van der Waals surface area contributed by atoms with Gasteiger partial charge in [-0.2, -0.15) is 0 Å². The van der Waals surface area contributed by atoms with E-state index in [1.807, 2.05) is 6.92 Å². The molecule has 0 spiro atoms. The Kier molecular flexibility index (Phi) is 30.8. The van der Waals surface area contributed by atoms with E-state index in [9.17, 15) is 4.79 Å². The van der Waals surface area contributed by atoms with Gasteiger partial charge in [0.15, 0.2) is 0 Å². The van der Waals surface area contributed by atoms with Crippen molar-refractivity contribution in [1.82, 2.24) is 0 Å². The second kappa shape index (κ2) is 23.8. The summed E-state index contributed by atoms with van der Waals surface area (Å²) in [6.45, 7) is 6.49. The Morgan fingerprint density at radius 2 is 1.50 bits per heavy atom. The van der Waals surface area contributed by atoms with Crippen LogP contribution in [0, 0.1) is 0 Å². The van der Waals surface area contributed by atoms with Gasteiger partial charge in [-0.1, -0.05) is 0 Å². The van der Waals surface area contributed by atoms with Crippen LogP contribution in [0.4, 0.5) is 0 Å². The third kappa shape index (κ3) is 50.7. The van der Waals surface area contributed by atoms with Crippen LogP contribution in [0.1, 0.15) is 20.8 Å². The third-order valence-corrected chi connectivity index (χ3v) is 0.837. The topological polar surface area (TPSA) is 96.2 Å². The molecule has 3 N–H and O–H groups in total. The Morgan fingerprint density at radius 3 is 1.75 bits per heavy atom. The summed E-state index contributed by atoms with van der Waals surface area (Å²) in [5, 5.41) is 22.8.